The summed E-state index contributed by atoms with van der Waals surface area (Å²) in [6.07, 6.45) is 3.38. The van der Waals surface area contributed by atoms with Gasteiger partial charge in [0.1, 0.15) is 0 Å². The summed E-state index contributed by atoms with van der Waals surface area (Å²) in [6.45, 7) is 11.0. The lowest BCUT2D eigenvalue weighted by atomic mass is 9.92. The van der Waals surface area contributed by atoms with Gasteiger partial charge in [0.15, 0.2) is 0 Å². The quantitative estimate of drug-likeness (QED) is 0.907. The monoisotopic (exact) mass is 321 g/mol. The highest BCUT2D eigenvalue weighted by Crippen LogP contribution is 2.24. The van der Waals surface area contributed by atoms with Gasteiger partial charge in [-0.05, 0) is 58.4 Å². The topological polar surface area (TPSA) is 56.2 Å². The average molecular weight is 321 g/mol. The van der Waals surface area contributed by atoms with Gasteiger partial charge in [0.05, 0.1) is 17.9 Å². The maximum absolute atomic E-state index is 12.4. The van der Waals surface area contributed by atoms with Crippen molar-refractivity contribution in [2.45, 2.75) is 66.1 Å². The second kappa shape index (κ2) is 7.47. The van der Waals surface area contributed by atoms with Crippen molar-refractivity contribution in [3.8, 4) is 0 Å². The Labute approximate surface area is 139 Å². The molecule has 1 aromatic rings. The highest BCUT2D eigenvalue weighted by atomic mass is 16.5. The largest absolute Gasteiger partial charge is 0.376 e. The summed E-state index contributed by atoms with van der Waals surface area (Å²) in [5, 5.41) is 7.57. The predicted octanol–water partition coefficient (Wildman–Crippen LogP) is 2.54. The fraction of sp³-hybridized carbons (Fsp3) is 0.778. The molecule has 1 fully saturated rings. The van der Waals surface area contributed by atoms with E-state index in [2.05, 4.69) is 31.2 Å². The molecule has 1 amide bonds. The number of carbonyl (C=O) groups excluding carboxylic acids is 1. The number of nitrogens with one attached hydrogen (secondary N) is 1. The van der Waals surface area contributed by atoms with E-state index in [0.717, 1.165) is 37.2 Å². The fourth-order valence-corrected chi connectivity index (χ4v) is 3.64. The molecule has 23 heavy (non-hydrogen) atoms. The third-order valence-corrected chi connectivity index (χ3v) is 4.98. The van der Waals surface area contributed by atoms with Crippen molar-refractivity contribution < 1.29 is 9.53 Å². The lowest BCUT2D eigenvalue weighted by Gasteiger charge is -2.32. The molecule has 3 atom stereocenters. The van der Waals surface area contributed by atoms with Gasteiger partial charge in [0.25, 0.3) is 0 Å². The van der Waals surface area contributed by atoms with E-state index in [1.807, 2.05) is 25.6 Å². The van der Waals surface area contributed by atoms with Gasteiger partial charge in [-0.2, -0.15) is 5.10 Å². The Balaban J connectivity index is 1.85. The van der Waals surface area contributed by atoms with Crippen LogP contribution in [-0.4, -0.2) is 34.4 Å². The van der Waals surface area contributed by atoms with Crippen LogP contribution < -0.4 is 5.32 Å². The van der Waals surface area contributed by atoms with Crippen molar-refractivity contribution in [3.05, 3.63) is 17.0 Å². The Kier molecular flexibility index (Phi) is 5.84. The summed E-state index contributed by atoms with van der Waals surface area (Å²) in [6, 6.07) is 0. The minimum atomic E-state index is -0.0358. The molecule has 0 spiro atoms. The van der Waals surface area contributed by atoms with E-state index in [1.165, 1.54) is 5.56 Å². The van der Waals surface area contributed by atoms with Crippen LogP contribution in [0.15, 0.2) is 0 Å². The number of rotatable bonds is 5. The predicted molar refractivity (Wildman–Crippen MR) is 91.3 cm³/mol. The molecule has 1 saturated heterocycles. The third-order valence-electron chi connectivity index (χ3n) is 4.98. The van der Waals surface area contributed by atoms with Gasteiger partial charge in [0, 0.05) is 25.2 Å². The van der Waals surface area contributed by atoms with Crippen LogP contribution in [0.1, 0.15) is 50.6 Å². The molecule has 2 rings (SSSR count). The minimum absolute atomic E-state index is 0.0358. The SMILES string of the molecule is Cc1nn(C)c(C)c1C[C@H](C)C(=O)NCC1C[C@@H](C)O[C@H](C)C1. The molecule has 0 radical (unpaired) electrons. The van der Waals surface area contributed by atoms with Crippen molar-refractivity contribution in [2.24, 2.45) is 18.9 Å². The van der Waals surface area contributed by atoms with Crippen LogP contribution in [0.3, 0.4) is 0 Å². The van der Waals surface area contributed by atoms with Crippen LogP contribution in [0, 0.1) is 25.7 Å². The molecule has 1 aliphatic heterocycles. The zero-order chi connectivity index (χ0) is 17.1. The molecule has 1 N–H and O–H groups in total. The number of carbonyl (C=O) groups is 1. The van der Waals surface area contributed by atoms with E-state index < -0.39 is 0 Å². The molecule has 1 aliphatic rings. The number of aromatic nitrogens is 2. The highest BCUT2D eigenvalue weighted by molar-refractivity contribution is 5.78. The third kappa shape index (κ3) is 4.56. The minimum Gasteiger partial charge on any atom is -0.376 e. The van der Waals surface area contributed by atoms with E-state index in [9.17, 15) is 4.79 Å². The molecule has 1 aromatic heterocycles. The maximum Gasteiger partial charge on any atom is 0.223 e. The molecular weight excluding hydrogens is 290 g/mol. The van der Waals surface area contributed by atoms with E-state index in [4.69, 9.17) is 4.74 Å². The Morgan fingerprint density at radius 1 is 1.35 bits per heavy atom. The average Bonchev–Trinajstić information content (AvgIpc) is 2.70. The fourth-order valence-electron chi connectivity index (χ4n) is 3.64. The first-order chi connectivity index (χ1) is 10.8. The van der Waals surface area contributed by atoms with Crippen LogP contribution >= 0.6 is 0 Å². The van der Waals surface area contributed by atoms with E-state index in [-0.39, 0.29) is 11.8 Å². The summed E-state index contributed by atoms with van der Waals surface area (Å²) < 4.78 is 7.65. The van der Waals surface area contributed by atoms with Gasteiger partial charge < -0.3 is 10.1 Å². The molecular formula is C18H31N3O2. The molecule has 0 saturated carbocycles. The Bertz CT molecular complexity index is 543. The molecule has 0 bridgehead atoms. The van der Waals surface area contributed by atoms with E-state index >= 15 is 0 Å². The lowest BCUT2D eigenvalue weighted by Crippen LogP contribution is -2.39. The van der Waals surface area contributed by atoms with Gasteiger partial charge in [-0.1, -0.05) is 6.92 Å². The maximum atomic E-state index is 12.4. The standard InChI is InChI=1S/C18H31N3O2/c1-11(7-17-14(4)20-21(6)15(17)5)18(22)19-10-16-8-12(2)23-13(3)9-16/h11-13,16H,7-10H2,1-6H3,(H,19,22)/t11-,12+,13+/m0/s1. The molecule has 0 aromatic carbocycles. The van der Waals surface area contributed by atoms with Crippen molar-refractivity contribution in [1.82, 2.24) is 15.1 Å². The number of hydrogen-bond acceptors (Lipinski definition) is 3. The Morgan fingerprint density at radius 3 is 2.48 bits per heavy atom. The number of hydrogen-bond donors (Lipinski definition) is 1. The van der Waals surface area contributed by atoms with Crippen molar-refractivity contribution in [2.75, 3.05) is 6.54 Å². The molecule has 5 nitrogen and oxygen atoms in total. The number of amides is 1. The Morgan fingerprint density at radius 2 is 1.96 bits per heavy atom. The first kappa shape index (κ1) is 18.0. The second-order valence-electron chi connectivity index (χ2n) is 7.22. The summed E-state index contributed by atoms with van der Waals surface area (Å²) in [5.41, 5.74) is 3.37. The second-order valence-corrected chi connectivity index (χ2v) is 7.22. The highest BCUT2D eigenvalue weighted by Gasteiger charge is 2.25. The van der Waals surface area contributed by atoms with Crippen molar-refractivity contribution >= 4 is 5.91 Å². The molecule has 5 heteroatoms. The van der Waals surface area contributed by atoms with Crippen molar-refractivity contribution in [3.63, 3.8) is 0 Å². The smallest absolute Gasteiger partial charge is 0.223 e. The van der Waals surface area contributed by atoms with Gasteiger partial charge in [-0.15, -0.1) is 0 Å². The molecule has 0 unspecified atom stereocenters. The molecule has 0 aliphatic carbocycles. The molecule has 130 valence electrons. The lowest BCUT2D eigenvalue weighted by molar-refractivity contribution is -0.125. The van der Waals surface area contributed by atoms with Gasteiger partial charge >= 0.3 is 0 Å². The number of nitrogens with zero attached hydrogens (tertiary/aromatic N) is 2. The molecule has 2 heterocycles. The van der Waals surface area contributed by atoms with Gasteiger partial charge in [-0.25, -0.2) is 0 Å². The van der Waals surface area contributed by atoms with Gasteiger partial charge in [-0.3, -0.25) is 9.48 Å². The first-order valence-electron chi connectivity index (χ1n) is 8.70. The van der Waals surface area contributed by atoms with Crippen LogP contribution in [0.5, 0.6) is 0 Å². The van der Waals surface area contributed by atoms with Crippen molar-refractivity contribution in [1.29, 1.82) is 0 Å². The summed E-state index contributed by atoms with van der Waals surface area (Å²) >= 11 is 0. The zero-order valence-electron chi connectivity index (χ0n) is 15.3. The number of aryl methyl sites for hydroxylation is 2. The first-order valence-corrected chi connectivity index (χ1v) is 8.70. The summed E-state index contributed by atoms with van der Waals surface area (Å²) in [7, 11) is 1.95. The van der Waals surface area contributed by atoms with Crippen LogP contribution in [0.4, 0.5) is 0 Å². The van der Waals surface area contributed by atoms with E-state index in [1.54, 1.807) is 0 Å². The number of ether oxygens (including phenoxy) is 1. The zero-order valence-corrected chi connectivity index (χ0v) is 15.3. The summed E-state index contributed by atoms with van der Waals surface area (Å²) in [4.78, 5) is 12.4. The van der Waals surface area contributed by atoms with E-state index in [0.29, 0.717) is 18.1 Å². The normalized spacial score (nSPS) is 26.1. The van der Waals surface area contributed by atoms with Crippen LogP contribution in [0.2, 0.25) is 0 Å². The van der Waals surface area contributed by atoms with Gasteiger partial charge in [0.2, 0.25) is 5.91 Å². The summed E-state index contributed by atoms with van der Waals surface area (Å²) in [5.74, 6) is 0.623. The van der Waals surface area contributed by atoms with Crippen LogP contribution in [0.25, 0.3) is 0 Å². The Hall–Kier alpha value is -1.36. The van der Waals surface area contributed by atoms with Crippen LogP contribution in [-0.2, 0) is 23.0 Å².